The van der Waals surface area contributed by atoms with Crippen molar-refractivity contribution in [3.8, 4) is 0 Å². The minimum absolute atomic E-state index is 0.161. The molecule has 1 aromatic heterocycles. The Morgan fingerprint density at radius 1 is 1.31 bits per heavy atom. The average molecular weight is 217 g/mol. The summed E-state index contributed by atoms with van der Waals surface area (Å²) in [5.41, 5.74) is 0.892. The van der Waals surface area contributed by atoms with E-state index >= 15 is 0 Å². The van der Waals surface area contributed by atoms with Gasteiger partial charge in [0, 0.05) is 17.3 Å². The molecule has 5 nitrogen and oxygen atoms in total. The molecule has 1 heterocycles. The molecule has 0 spiro atoms. The second-order valence-electron chi connectivity index (χ2n) is 3.43. The minimum Gasteiger partial charge on any atom is -0.264 e. The fourth-order valence-corrected chi connectivity index (χ4v) is 1.62. The van der Waals surface area contributed by atoms with Gasteiger partial charge in [-0.15, -0.1) is 0 Å². The Hall–Kier alpha value is -2.17. The summed E-state index contributed by atoms with van der Waals surface area (Å²) in [6.45, 7) is -0.161. The summed E-state index contributed by atoms with van der Waals surface area (Å²) in [7, 11) is 0. The van der Waals surface area contributed by atoms with E-state index in [0.717, 1.165) is 5.56 Å². The van der Waals surface area contributed by atoms with E-state index in [1.54, 1.807) is 23.1 Å². The first-order valence-corrected chi connectivity index (χ1v) is 4.93. The van der Waals surface area contributed by atoms with Crippen LogP contribution in [-0.4, -0.2) is 21.2 Å². The normalized spacial score (nSPS) is 12.2. The number of nitro groups is 1. The molecule has 0 radical (unpaired) electrons. The first-order chi connectivity index (χ1) is 7.77. The Bertz CT molecular complexity index is 453. The Balaban J connectivity index is 2.32. The smallest absolute Gasteiger partial charge is 0.230 e. The minimum atomic E-state index is -0.341. The summed E-state index contributed by atoms with van der Waals surface area (Å²) in [5, 5.41) is 14.7. The Kier molecular flexibility index (Phi) is 2.95. The van der Waals surface area contributed by atoms with Gasteiger partial charge in [0.1, 0.15) is 6.04 Å². The van der Waals surface area contributed by atoms with Gasteiger partial charge in [0.15, 0.2) is 0 Å². The van der Waals surface area contributed by atoms with Crippen LogP contribution in [0.4, 0.5) is 0 Å². The quantitative estimate of drug-likeness (QED) is 0.579. The second-order valence-corrected chi connectivity index (χ2v) is 3.43. The molecule has 82 valence electrons. The summed E-state index contributed by atoms with van der Waals surface area (Å²) >= 11 is 0. The van der Waals surface area contributed by atoms with Crippen molar-refractivity contribution < 1.29 is 4.92 Å². The molecular weight excluding hydrogens is 206 g/mol. The zero-order chi connectivity index (χ0) is 11.4. The van der Waals surface area contributed by atoms with E-state index in [-0.39, 0.29) is 17.5 Å². The third-order valence-corrected chi connectivity index (χ3v) is 2.35. The van der Waals surface area contributed by atoms with Crippen molar-refractivity contribution in [1.29, 1.82) is 0 Å². The molecule has 0 N–H and O–H groups in total. The summed E-state index contributed by atoms with van der Waals surface area (Å²) < 4.78 is 1.61. The lowest BCUT2D eigenvalue weighted by Gasteiger charge is -2.13. The highest BCUT2D eigenvalue weighted by molar-refractivity contribution is 5.19. The fraction of sp³-hybridized carbons (Fsp3) is 0.182. The van der Waals surface area contributed by atoms with Crippen LogP contribution in [0.15, 0.2) is 48.8 Å². The molecule has 0 saturated carbocycles. The molecule has 0 bridgehead atoms. The Labute approximate surface area is 92.5 Å². The topological polar surface area (TPSA) is 61.0 Å². The molecule has 1 aromatic carbocycles. The van der Waals surface area contributed by atoms with E-state index in [0.29, 0.717) is 0 Å². The molecule has 1 atom stereocenters. The average Bonchev–Trinajstić information content (AvgIpc) is 2.80. The molecule has 2 aromatic rings. The van der Waals surface area contributed by atoms with Gasteiger partial charge in [0.25, 0.3) is 0 Å². The molecule has 16 heavy (non-hydrogen) atoms. The van der Waals surface area contributed by atoms with Gasteiger partial charge in [-0.1, -0.05) is 30.3 Å². The summed E-state index contributed by atoms with van der Waals surface area (Å²) in [4.78, 5) is 10.3. The molecule has 0 aliphatic carbocycles. The van der Waals surface area contributed by atoms with Crippen LogP contribution >= 0.6 is 0 Å². The predicted molar refractivity (Wildman–Crippen MR) is 58.7 cm³/mol. The highest BCUT2D eigenvalue weighted by Crippen LogP contribution is 2.17. The highest BCUT2D eigenvalue weighted by Gasteiger charge is 2.19. The lowest BCUT2D eigenvalue weighted by Crippen LogP contribution is -2.20. The number of benzene rings is 1. The van der Waals surface area contributed by atoms with Gasteiger partial charge >= 0.3 is 0 Å². The first-order valence-electron chi connectivity index (χ1n) is 4.93. The van der Waals surface area contributed by atoms with Crippen LogP contribution in [-0.2, 0) is 0 Å². The van der Waals surface area contributed by atoms with Crippen molar-refractivity contribution in [2.75, 3.05) is 6.54 Å². The monoisotopic (exact) mass is 217 g/mol. The van der Waals surface area contributed by atoms with Crippen LogP contribution in [0.2, 0.25) is 0 Å². The third-order valence-electron chi connectivity index (χ3n) is 2.35. The van der Waals surface area contributed by atoms with Crippen molar-refractivity contribution in [3.05, 3.63) is 64.5 Å². The predicted octanol–water partition coefficient (Wildman–Crippen LogP) is 1.75. The summed E-state index contributed by atoms with van der Waals surface area (Å²) in [6, 6.07) is 10.8. The molecule has 1 unspecified atom stereocenters. The van der Waals surface area contributed by atoms with Gasteiger partial charge in [-0.05, 0) is 11.6 Å². The molecule has 2 rings (SSSR count). The van der Waals surface area contributed by atoms with Gasteiger partial charge < -0.3 is 0 Å². The van der Waals surface area contributed by atoms with E-state index in [1.165, 1.54) is 0 Å². The van der Waals surface area contributed by atoms with Gasteiger partial charge in [-0.25, -0.2) is 0 Å². The highest BCUT2D eigenvalue weighted by atomic mass is 16.6. The van der Waals surface area contributed by atoms with Crippen LogP contribution in [0, 0.1) is 10.1 Å². The molecular formula is C11H11N3O2. The lowest BCUT2D eigenvalue weighted by atomic mass is 10.1. The molecule has 0 fully saturated rings. The summed E-state index contributed by atoms with van der Waals surface area (Å²) in [6.07, 6.45) is 3.36. The van der Waals surface area contributed by atoms with E-state index in [9.17, 15) is 10.1 Å². The standard InChI is InChI=1S/C11H11N3O2/c15-14(16)9-11(13-8-4-7-12-13)10-5-2-1-3-6-10/h1-8,11H,9H2. The maximum atomic E-state index is 10.6. The number of nitrogens with zero attached hydrogens (tertiary/aromatic N) is 3. The Morgan fingerprint density at radius 3 is 2.62 bits per heavy atom. The number of hydrogen-bond acceptors (Lipinski definition) is 3. The Morgan fingerprint density at radius 2 is 2.06 bits per heavy atom. The van der Waals surface area contributed by atoms with Crippen molar-refractivity contribution in [2.24, 2.45) is 0 Å². The first kappa shape index (κ1) is 10.4. The largest absolute Gasteiger partial charge is 0.264 e. The van der Waals surface area contributed by atoms with Crippen LogP contribution < -0.4 is 0 Å². The molecule has 5 heteroatoms. The number of aromatic nitrogens is 2. The molecule has 0 amide bonds. The van der Waals surface area contributed by atoms with Crippen LogP contribution in [0.1, 0.15) is 11.6 Å². The summed E-state index contributed by atoms with van der Waals surface area (Å²) in [5.74, 6) is 0. The van der Waals surface area contributed by atoms with Gasteiger partial charge in [-0.2, -0.15) is 5.10 Å². The lowest BCUT2D eigenvalue weighted by molar-refractivity contribution is -0.484. The molecule has 0 aliphatic rings. The van der Waals surface area contributed by atoms with Crippen LogP contribution in [0.25, 0.3) is 0 Å². The van der Waals surface area contributed by atoms with Crippen LogP contribution in [0.3, 0.4) is 0 Å². The van der Waals surface area contributed by atoms with Gasteiger partial charge in [0.05, 0.1) is 0 Å². The van der Waals surface area contributed by atoms with Gasteiger partial charge in [0.2, 0.25) is 6.54 Å². The van der Waals surface area contributed by atoms with Crippen molar-refractivity contribution >= 4 is 0 Å². The van der Waals surface area contributed by atoms with Crippen LogP contribution in [0.5, 0.6) is 0 Å². The van der Waals surface area contributed by atoms with E-state index < -0.39 is 0 Å². The van der Waals surface area contributed by atoms with Crippen molar-refractivity contribution in [1.82, 2.24) is 9.78 Å². The van der Waals surface area contributed by atoms with E-state index in [4.69, 9.17) is 0 Å². The van der Waals surface area contributed by atoms with E-state index in [1.807, 2.05) is 30.3 Å². The third kappa shape index (κ3) is 2.25. The van der Waals surface area contributed by atoms with Gasteiger partial charge in [-0.3, -0.25) is 14.8 Å². The zero-order valence-corrected chi connectivity index (χ0v) is 8.56. The molecule has 0 aliphatic heterocycles. The maximum absolute atomic E-state index is 10.6. The second kappa shape index (κ2) is 4.57. The number of rotatable bonds is 4. The van der Waals surface area contributed by atoms with Crippen molar-refractivity contribution in [2.45, 2.75) is 6.04 Å². The number of hydrogen-bond donors (Lipinski definition) is 0. The SMILES string of the molecule is O=[N+]([O-])CC(c1ccccc1)n1cccn1. The zero-order valence-electron chi connectivity index (χ0n) is 8.56. The maximum Gasteiger partial charge on any atom is 0.230 e. The van der Waals surface area contributed by atoms with E-state index in [2.05, 4.69) is 5.10 Å². The van der Waals surface area contributed by atoms with Crippen molar-refractivity contribution in [3.63, 3.8) is 0 Å². The molecule has 0 saturated heterocycles. The fourth-order valence-electron chi connectivity index (χ4n) is 1.62.